The Labute approximate surface area is 129 Å². The Hall–Kier alpha value is -2.34. The van der Waals surface area contributed by atoms with Gasteiger partial charge in [0.05, 0.1) is 10.2 Å². The second-order valence-electron chi connectivity index (χ2n) is 4.79. The first-order chi connectivity index (χ1) is 10.5. The molecule has 0 aliphatic heterocycles. The van der Waals surface area contributed by atoms with Crippen LogP contribution in [-0.2, 0) is 6.42 Å². The van der Waals surface area contributed by atoms with Crippen LogP contribution in [0.2, 0.25) is 0 Å². The number of fused-ring (bicyclic) bond motifs is 1. The van der Waals surface area contributed by atoms with Gasteiger partial charge < -0.3 is 0 Å². The Balaban J connectivity index is 1.87. The zero-order chi connectivity index (χ0) is 15.7. The summed E-state index contributed by atoms with van der Waals surface area (Å²) >= 11 is 1.33. The molecular formula is C16H12F2N2OS. The second kappa shape index (κ2) is 5.81. The lowest BCUT2D eigenvalue weighted by molar-refractivity contribution is 0.102. The lowest BCUT2D eigenvalue weighted by Crippen LogP contribution is -2.12. The van der Waals surface area contributed by atoms with E-state index in [0.717, 1.165) is 34.8 Å². The molecule has 0 atom stereocenters. The number of nitrogens with zero attached hydrogens (tertiary/aromatic N) is 1. The summed E-state index contributed by atoms with van der Waals surface area (Å²) in [4.78, 5) is 16.3. The number of nitrogens with one attached hydrogen (secondary N) is 1. The standard InChI is InChI=1S/C16H12F2N2OS/c1-2-9-3-4-13-14(5-9)22-16(19-13)20-15(21)10-6-11(17)8-12(18)7-10/h3-8H,2H2,1H3,(H,19,20,21). The Bertz CT molecular complexity index is 840. The van der Waals surface area contributed by atoms with Crippen LogP contribution in [0, 0.1) is 11.6 Å². The van der Waals surface area contributed by atoms with Gasteiger partial charge in [0.2, 0.25) is 0 Å². The smallest absolute Gasteiger partial charge is 0.257 e. The van der Waals surface area contributed by atoms with E-state index in [2.05, 4.69) is 17.2 Å². The molecule has 3 aromatic rings. The van der Waals surface area contributed by atoms with Crippen LogP contribution in [0.4, 0.5) is 13.9 Å². The number of hydrogen-bond acceptors (Lipinski definition) is 3. The number of aryl methyl sites for hydroxylation is 1. The van der Waals surface area contributed by atoms with Gasteiger partial charge in [0, 0.05) is 11.6 Å². The molecule has 112 valence electrons. The molecule has 0 saturated carbocycles. The highest BCUT2D eigenvalue weighted by molar-refractivity contribution is 7.22. The number of carbonyl (C=O) groups excluding carboxylic acids is 1. The number of aromatic nitrogens is 1. The molecule has 0 radical (unpaired) electrons. The number of anilines is 1. The van der Waals surface area contributed by atoms with Crippen molar-refractivity contribution < 1.29 is 13.6 Å². The quantitative estimate of drug-likeness (QED) is 0.778. The largest absolute Gasteiger partial charge is 0.298 e. The molecule has 1 heterocycles. The number of amides is 1. The van der Waals surface area contributed by atoms with Crippen LogP contribution in [0.3, 0.4) is 0 Å². The monoisotopic (exact) mass is 318 g/mol. The van der Waals surface area contributed by atoms with E-state index in [4.69, 9.17) is 0 Å². The third-order valence-electron chi connectivity index (χ3n) is 3.21. The third-order valence-corrected chi connectivity index (χ3v) is 4.14. The fourth-order valence-corrected chi connectivity index (χ4v) is 3.02. The first kappa shape index (κ1) is 14.6. The highest BCUT2D eigenvalue weighted by atomic mass is 32.1. The molecule has 22 heavy (non-hydrogen) atoms. The van der Waals surface area contributed by atoms with Gasteiger partial charge in [-0.3, -0.25) is 10.1 Å². The summed E-state index contributed by atoms with van der Waals surface area (Å²) in [7, 11) is 0. The molecule has 0 bridgehead atoms. The summed E-state index contributed by atoms with van der Waals surface area (Å²) in [6, 6.07) is 8.59. The van der Waals surface area contributed by atoms with Crippen molar-refractivity contribution in [2.75, 3.05) is 5.32 Å². The molecule has 0 aliphatic carbocycles. The average Bonchev–Trinajstić information content (AvgIpc) is 2.87. The Morgan fingerprint density at radius 1 is 1.18 bits per heavy atom. The van der Waals surface area contributed by atoms with Gasteiger partial charge >= 0.3 is 0 Å². The van der Waals surface area contributed by atoms with Gasteiger partial charge in [-0.1, -0.05) is 24.3 Å². The number of rotatable bonds is 3. The number of hydrogen-bond donors (Lipinski definition) is 1. The summed E-state index contributed by atoms with van der Waals surface area (Å²) in [5, 5.41) is 2.98. The molecule has 0 fully saturated rings. The van der Waals surface area contributed by atoms with E-state index >= 15 is 0 Å². The molecule has 3 rings (SSSR count). The molecule has 1 amide bonds. The zero-order valence-electron chi connectivity index (χ0n) is 11.7. The van der Waals surface area contributed by atoms with Crippen LogP contribution < -0.4 is 5.32 Å². The first-order valence-corrected chi connectivity index (χ1v) is 7.53. The fourth-order valence-electron chi connectivity index (χ4n) is 2.10. The van der Waals surface area contributed by atoms with Gasteiger partial charge in [0.25, 0.3) is 5.91 Å². The van der Waals surface area contributed by atoms with E-state index < -0.39 is 17.5 Å². The average molecular weight is 318 g/mol. The van der Waals surface area contributed by atoms with Crippen LogP contribution in [0.5, 0.6) is 0 Å². The van der Waals surface area contributed by atoms with E-state index in [1.807, 2.05) is 18.2 Å². The van der Waals surface area contributed by atoms with Crippen molar-refractivity contribution >= 4 is 32.6 Å². The summed E-state index contributed by atoms with van der Waals surface area (Å²) in [6.45, 7) is 2.06. The van der Waals surface area contributed by atoms with Crippen LogP contribution >= 0.6 is 11.3 Å². The predicted octanol–water partition coefficient (Wildman–Crippen LogP) is 4.39. The third kappa shape index (κ3) is 2.96. The van der Waals surface area contributed by atoms with Crippen molar-refractivity contribution in [2.24, 2.45) is 0 Å². The maximum atomic E-state index is 13.1. The summed E-state index contributed by atoms with van der Waals surface area (Å²) < 4.78 is 27.2. The Morgan fingerprint density at radius 3 is 2.59 bits per heavy atom. The normalized spacial score (nSPS) is 10.9. The van der Waals surface area contributed by atoms with Crippen molar-refractivity contribution in [3.63, 3.8) is 0 Å². The van der Waals surface area contributed by atoms with Gasteiger partial charge in [-0.15, -0.1) is 0 Å². The SMILES string of the molecule is CCc1ccc2nc(NC(=O)c3cc(F)cc(F)c3)sc2c1. The topological polar surface area (TPSA) is 42.0 Å². The number of thiazole rings is 1. The lowest BCUT2D eigenvalue weighted by Gasteiger charge is -2.02. The molecule has 1 N–H and O–H groups in total. The van der Waals surface area contributed by atoms with Gasteiger partial charge in [0.15, 0.2) is 5.13 Å². The lowest BCUT2D eigenvalue weighted by atomic mass is 10.2. The van der Waals surface area contributed by atoms with Crippen molar-refractivity contribution in [3.05, 3.63) is 59.2 Å². The van der Waals surface area contributed by atoms with Crippen LogP contribution in [0.15, 0.2) is 36.4 Å². The summed E-state index contributed by atoms with van der Waals surface area (Å²) in [5.41, 5.74) is 1.88. The number of halogens is 2. The number of benzene rings is 2. The van der Waals surface area contributed by atoms with E-state index in [1.54, 1.807) is 0 Å². The summed E-state index contributed by atoms with van der Waals surface area (Å²) in [6.07, 6.45) is 0.915. The maximum absolute atomic E-state index is 13.1. The first-order valence-electron chi connectivity index (χ1n) is 6.72. The van der Waals surface area contributed by atoms with Crippen molar-refractivity contribution in [2.45, 2.75) is 13.3 Å². The van der Waals surface area contributed by atoms with Crippen LogP contribution in [0.25, 0.3) is 10.2 Å². The van der Waals surface area contributed by atoms with Gasteiger partial charge in [0.1, 0.15) is 11.6 Å². The van der Waals surface area contributed by atoms with E-state index in [-0.39, 0.29) is 5.56 Å². The van der Waals surface area contributed by atoms with Crippen LogP contribution in [-0.4, -0.2) is 10.9 Å². The zero-order valence-corrected chi connectivity index (χ0v) is 12.5. The predicted molar refractivity (Wildman–Crippen MR) is 83.3 cm³/mol. The molecule has 0 spiro atoms. The minimum absolute atomic E-state index is 0.0778. The second-order valence-corrected chi connectivity index (χ2v) is 5.82. The maximum Gasteiger partial charge on any atom is 0.257 e. The van der Waals surface area contributed by atoms with E-state index in [1.165, 1.54) is 16.9 Å². The molecule has 6 heteroatoms. The molecular weight excluding hydrogens is 306 g/mol. The highest BCUT2D eigenvalue weighted by Gasteiger charge is 2.12. The minimum Gasteiger partial charge on any atom is -0.298 e. The Kier molecular flexibility index (Phi) is 3.85. The van der Waals surface area contributed by atoms with Crippen molar-refractivity contribution in [1.29, 1.82) is 0 Å². The molecule has 0 saturated heterocycles. The number of carbonyl (C=O) groups is 1. The van der Waals surface area contributed by atoms with Gasteiger partial charge in [-0.2, -0.15) is 0 Å². The van der Waals surface area contributed by atoms with Crippen molar-refractivity contribution in [3.8, 4) is 0 Å². The molecule has 2 aromatic carbocycles. The molecule has 0 aliphatic rings. The fraction of sp³-hybridized carbons (Fsp3) is 0.125. The van der Waals surface area contributed by atoms with Crippen molar-refractivity contribution in [1.82, 2.24) is 4.98 Å². The Morgan fingerprint density at radius 2 is 1.91 bits per heavy atom. The highest BCUT2D eigenvalue weighted by Crippen LogP contribution is 2.27. The molecule has 1 aromatic heterocycles. The molecule has 3 nitrogen and oxygen atoms in total. The van der Waals surface area contributed by atoms with E-state index in [0.29, 0.717) is 5.13 Å². The van der Waals surface area contributed by atoms with Crippen LogP contribution in [0.1, 0.15) is 22.8 Å². The van der Waals surface area contributed by atoms with E-state index in [9.17, 15) is 13.6 Å². The van der Waals surface area contributed by atoms with Gasteiger partial charge in [-0.25, -0.2) is 13.8 Å². The van der Waals surface area contributed by atoms with Gasteiger partial charge in [-0.05, 0) is 36.2 Å². The molecule has 0 unspecified atom stereocenters. The summed E-state index contributed by atoms with van der Waals surface area (Å²) in [5.74, 6) is -2.17. The minimum atomic E-state index is -0.790.